The molecule has 3 N–H and O–H groups in total. The largest absolute Gasteiger partial charge is 0.495 e. The number of hydrazine groups is 1. The molecule has 106 valence electrons. The average molecular weight is 296 g/mol. The summed E-state index contributed by atoms with van der Waals surface area (Å²) in [5.74, 6) is 5.77. The number of pyridine rings is 1. The van der Waals surface area contributed by atoms with Crippen molar-refractivity contribution in [2.24, 2.45) is 5.84 Å². The number of rotatable bonds is 5. The molecule has 4 nitrogen and oxygen atoms in total. The highest BCUT2D eigenvalue weighted by molar-refractivity contribution is 6.31. The van der Waals surface area contributed by atoms with Gasteiger partial charge in [-0.1, -0.05) is 23.7 Å². The van der Waals surface area contributed by atoms with Crippen molar-refractivity contribution in [3.8, 4) is 5.75 Å². The van der Waals surface area contributed by atoms with E-state index in [0.29, 0.717) is 17.7 Å². The summed E-state index contributed by atoms with van der Waals surface area (Å²) < 4.78 is 18.7. The molecule has 0 aliphatic carbocycles. The zero-order valence-electron chi connectivity index (χ0n) is 10.9. The number of nitrogens with zero attached hydrogens (tertiary/aromatic N) is 1. The minimum atomic E-state index is -0.443. The molecule has 1 unspecified atom stereocenters. The summed E-state index contributed by atoms with van der Waals surface area (Å²) in [5.41, 5.74) is 4.21. The van der Waals surface area contributed by atoms with E-state index >= 15 is 0 Å². The van der Waals surface area contributed by atoms with Crippen LogP contribution in [0.3, 0.4) is 0 Å². The summed E-state index contributed by atoms with van der Waals surface area (Å²) in [7, 11) is 1.56. The van der Waals surface area contributed by atoms with Crippen LogP contribution in [0.1, 0.15) is 17.2 Å². The molecule has 0 aliphatic heterocycles. The molecule has 6 heteroatoms. The summed E-state index contributed by atoms with van der Waals surface area (Å²) in [5, 5.41) is 0.112. The van der Waals surface area contributed by atoms with Gasteiger partial charge in [0, 0.05) is 11.8 Å². The quantitative estimate of drug-likeness (QED) is 0.657. The molecule has 1 atom stereocenters. The molecule has 1 aromatic carbocycles. The Morgan fingerprint density at radius 1 is 1.45 bits per heavy atom. The maximum absolute atomic E-state index is 13.5. The number of hydrogen-bond donors (Lipinski definition) is 2. The summed E-state index contributed by atoms with van der Waals surface area (Å²) >= 11 is 5.97. The van der Waals surface area contributed by atoms with Crippen LogP contribution in [0, 0.1) is 5.82 Å². The van der Waals surface area contributed by atoms with Gasteiger partial charge in [-0.2, -0.15) is 0 Å². The minimum absolute atomic E-state index is 0.112. The summed E-state index contributed by atoms with van der Waals surface area (Å²) in [4.78, 5) is 3.99. The lowest BCUT2D eigenvalue weighted by atomic mass is 9.99. The Morgan fingerprint density at radius 3 is 2.95 bits per heavy atom. The van der Waals surface area contributed by atoms with Crippen LogP contribution in [-0.2, 0) is 6.42 Å². The molecule has 0 fully saturated rings. The molecule has 0 radical (unpaired) electrons. The van der Waals surface area contributed by atoms with Gasteiger partial charge in [0.05, 0.1) is 24.4 Å². The molecule has 20 heavy (non-hydrogen) atoms. The molecule has 0 saturated heterocycles. The number of methoxy groups -OCH3 is 1. The Bertz CT molecular complexity index is 594. The van der Waals surface area contributed by atoms with E-state index in [1.54, 1.807) is 37.7 Å². The molecule has 1 heterocycles. The van der Waals surface area contributed by atoms with E-state index in [2.05, 4.69) is 10.4 Å². The van der Waals surface area contributed by atoms with Gasteiger partial charge in [0.25, 0.3) is 0 Å². The first-order chi connectivity index (χ1) is 9.67. The standard InChI is InChI=1S/C14H15ClFN3O/c1-20-13-8-18-6-5-10(13)12(19-17)7-9-3-2-4-11(16)14(9)15/h2-6,8,12,19H,7,17H2,1H3. The zero-order valence-corrected chi connectivity index (χ0v) is 11.7. The molecule has 2 rings (SSSR count). The van der Waals surface area contributed by atoms with Gasteiger partial charge >= 0.3 is 0 Å². The Morgan fingerprint density at radius 2 is 2.25 bits per heavy atom. The SMILES string of the molecule is COc1cnccc1C(Cc1cccc(F)c1Cl)NN. The van der Waals surface area contributed by atoms with E-state index in [9.17, 15) is 4.39 Å². The molecule has 2 aromatic rings. The van der Waals surface area contributed by atoms with E-state index in [-0.39, 0.29) is 11.1 Å². The third kappa shape index (κ3) is 3.07. The van der Waals surface area contributed by atoms with E-state index in [0.717, 1.165) is 5.56 Å². The number of halogens is 2. The average Bonchev–Trinajstić information content (AvgIpc) is 2.49. The fourth-order valence-corrected chi connectivity index (χ4v) is 2.24. The zero-order chi connectivity index (χ0) is 14.5. The Kier molecular flexibility index (Phi) is 4.89. The van der Waals surface area contributed by atoms with Crippen molar-refractivity contribution >= 4 is 11.6 Å². The molecular formula is C14H15ClFN3O. The number of nitrogens with one attached hydrogen (secondary N) is 1. The van der Waals surface area contributed by atoms with E-state index in [1.165, 1.54) is 6.07 Å². The molecule has 0 aliphatic rings. The summed E-state index contributed by atoms with van der Waals surface area (Å²) in [6, 6.07) is 6.25. The highest BCUT2D eigenvalue weighted by atomic mass is 35.5. The van der Waals surface area contributed by atoms with Gasteiger partial charge < -0.3 is 4.74 Å². The van der Waals surface area contributed by atoms with Gasteiger partial charge in [0.15, 0.2) is 0 Å². The van der Waals surface area contributed by atoms with Gasteiger partial charge in [-0.3, -0.25) is 16.3 Å². The number of aromatic nitrogens is 1. The second-order valence-corrected chi connectivity index (χ2v) is 4.63. The topological polar surface area (TPSA) is 60.2 Å². The summed E-state index contributed by atoms with van der Waals surface area (Å²) in [6.45, 7) is 0. The van der Waals surface area contributed by atoms with Crippen LogP contribution >= 0.6 is 11.6 Å². The van der Waals surface area contributed by atoms with Crippen LogP contribution in [0.2, 0.25) is 5.02 Å². The molecule has 1 aromatic heterocycles. The molecule has 0 saturated carbocycles. The van der Waals surface area contributed by atoms with E-state index in [1.807, 2.05) is 0 Å². The Hall–Kier alpha value is -1.69. The van der Waals surface area contributed by atoms with Crippen molar-refractivity contribution in [2.75, 3.05) is 7.11 Å². The van der Waals surface area contributed by atoms with E-state index in [4.69, 9.17) is 22.2 Å². The van der Waals surface area contributed by atoms with Crippen LogP contribution in [0.5, 0.6) is 5.75 Å². The third-order valence-corrected chi connectivity index (χ3v) is 3.49. The van der Waals surface area contributed by atoms with Gasteiger partial charge in [-0.05, 0) is 24.1 Å². The van der Waals surface area contributed by atoms with Crippen molar-refractivity contribution in [2.45, 2.75) is 12.5 Å². The predicted molar refractivity (Wildman–Crippen MR) is 76.0 cm³/mol. The highest BCUT2D eigenvalue weighted by Crippen LogP contribution is 2.29. The van der Waals surface area contributed by atoms with Crippen LogP contribution < -0.4 is 16.0 Å². The van der Waals surface area contributed by atoms with Crippen molar-refractivity contribution in [1.29, 1.82) is 0 Å². The molecule has 0 spiro atoms. The second kappa shape index (κ2) is 6.65. The van der Waals surface area contributed by atoms with Crippen molar-refractivity contribution in [1.82, 2.24) is 10.4 Å². The predicted octanol–water partition coefficient (Wildman–Crippen LogP) is 2.63. The van der Waals surface area contributed by atoms with Gasteiger partial charge in [-0.15, -0.1) is 0 Å². The first-order valence-corrected chi connectivity index (χ1v) is 6.42. The Balaban J connectivity index is 2.31. The van der Waals surface area contributed by atoms with Gasteiger partial charge in [-0.25, -0.2) is 4.39 Å². The number of nitrogens with two attached hydrogens (primary N) is 1. The van der Waals surface area contributed by atoms with E-state index < -0.39 is 5.82 Å². The van der Waals surface area contributed by atoms with Crippen molar-refractivity contribution in [3.05, 3.63) is 58.6 Å². The maximum Gasteiger partial charge on any atom is 0.142 e. The van der Waals surface area contributed by atoms with Crippen LogP contribution in [0.25, 0.3) is 0 Å². The van der Waals surface area contributed by atoms with Crippen molar-refractivity contribution in [3.63, 3.8) is 0 Å². The smallest absolute Gasteiger partial charge is 0.142 e. The number of benzene rings is 1. The highest BCUT2D eigenvalue weighted by Gasteiger charge is 2.17. The fraction of sp³-hybridized carbons (Fsp3) is 0.214. The summed E-state index contributed by atoms with van der Waals surface area (Å²) in [6.07, 6.45) is 3.69. The Labute approximate surface area is 121 Å². The van der Waals surface area contributed by atoms with Gasteiger partial charge in [0.1, 0.15) is 11.6 Å². The monoisotopic (exact) mass is 295 g/mol. The van der Waals surface area contributed by atoms with Gasteiger partial charge in [0.2, 0.25) is 0 Å². The first-order valence-electron chi connectivity index (χ1n) is 6.04. The third-order valence-electron chi connectivity index (χ3n) is 3.07. The van der Waals surface area contributed by atoms with Crippen molar-refractivity contribution < 1.29 is 9.13 Å². The van der Waals surface area contributed by atoms with Crippen LogP contribution in [-0.4, -0.2) is 12.1 Å². The number of ether oxygens (including phenoxy) is 1. The maximum atomic E-state index is 13.5. The number of hydrogen-bond acceptors (Lipinski definition) is 4. The lowest BCUT2D eigenvalue weighted by Crippen LogP contribution is -2.30. The fourth-order valence-electron chi connectivity index (χ4n) is 2.03. The molecular weight excluding hydrogens is 281 g/mol. The van der Waals surface area contributed by atoms with Crippen LogP contribution in [0.4, 0.5) is 4.39 Å². The first kappa shape index (κ1) is 14.7. The van der Waals surface area contributed by atoms with Crippen LogP contribution in [0.15, 0.2) is 36.7 Å². The second-order valence-electron chi connectivity index (χ2n) is 4.25. The molecule has 0 amide bonds. The lowest BCUT2D eigenvalue weighted by Gasteiger charge is -2.19. The lowest BCUT2D eigenvalue weighted by molar-refractivity contribution is 0.397. The minimum Gasteiger partial charge on any atom is -0.495 e. The normalized spacial score (nSPS) is 12.2. The molecule has 0 bridgehead atoms.